The van der Waals surface area contributed by atoms with Crippen LogP contribution in [0.3, 0.4) is 0 Å². The number of allylic oxidation sites excluding steroid dienone is 2. The van der Waals surface area contributed by atoms with E-state index < -0.39 is 18.2 Å². The monoisotopic (exact) mass is 876 g/mol. The molecule has 0 saturated carbocycles. The fourth-order valence-electron chi connectivity index (χ4n) is 8.84. The van der Waals surface area contributed by atoms with E-state index in [4.69, 9.17) is 4.74 Å². The van der Waals surface area contributed by atoms with Crippen LogP contribution < -0.4 is 5.32 Å². The molecule has 3 atom stereocenters. The summed E-state index contributed by atoms with van der Waals surface area (Å²) in [4.78, 5) is 26.2. The van der Waals surface area contributed by atoms with Crippen LogP contribution >= 0.6 is 0 Å². The number of hydrogen-bond acceptors (Lipinski definition) is 5. The van der Waals surface area contributed by atoms with E-state index in [0.717, 1.165) is 44.9 Å². The van der Waals surface area contributed by atoms with Crippen molar-refractivity contribution in [1.29, 1.82) is 0 Å². The van der Waals surface area contributed by atoms with Crippen LogP contribution in [0.2, 0.25) is 0 Å². The molecule has 0 aliphatic rings. The molecule has 3 N–H and O–H groups in total. The zero-order valence-electron chi connectivity index (χ0n) is 42.0. The molecule has 6 heteroatoms. The fraction of sp³-hybridized carbons (Fsp3) is 0.929. The quantitative estimate of drug-likeness (QED) is 0.0321. The Labute approximate surface area is 387 Å². The molecule has 1 amide bonds. The van der Waals surface area contributed by atoms with Crippen molar-refractivity contribution < 1.29 is 24.5 Å². The van der Waals surface area contributed by atoms with Gasteiger partial charge in [0.25, 0.3) is 0 Å². The number of hydrogen-bond donors (Lipinski definition) is 3. The Morgan fingerprint density at radius 3 is 1.16 bits per heavy atom. The second-order valence-electron chi connectivity index (χ2n) is 19.3. The third-order valence-corrected chi connectivity index (χ3v) is 13.1. The highest BCUT2D eigenvalue weighted by Gasteiger charge is 2.24. The lowest BCUT2D eigenvalue weighted by Crippen LogP contribution is -2.46. The van der Waals surface area contributed by atoms with Crippen LogP contribution in [0.4, 0.5) is 0 Å². The molecule has 0 aliphatic carbocycles. The Hall–Kier alpha value is -1.40. The lowest BCUT2D eigenvalue weighted by Gasteiger charge is -2.24. The molecular weight excluding hydrogens is 767 g/mol. The lowest BCUT2D eigenvalue weighted by molar-refractivity contribution is -0.151. The number of carbonyl (C=O) groups excluding carboxylic acids is 2. The first-order chi connectivity index (χ1) is 30.5. The van der Waals surface area contributed by atoms with Gasteiger partial charge in [-0.1, -0.05) is 258 Å². The summed E-state index contributed by atoms with van der Waals surface area (Å²) in [6.07, 6.45) is 57.0. The normalized spacial score (nSPS) is 13.2. The molecule has 0 aromatic carbocycles. The van der Waals surface area contributed by atoms with Gasteiger partial charge in [0.15, 0.2) is 0 Å². The SMILES string of the molecule is CCCCCC/C=C\CCCCCCCCCC(=O)OC(CCCCCCCCCCCCCCCC)CC(=O)NC(CO)C(O)CCCCCCCCCCCCCCCC. The maximum absolute atomic E-state index is 13.2. The number of unbranched alkanes of at least 4 members (excludes halogenated alkanes) is 37. The first-order valence-corrected chi connectivity index (χ1v) is 27.9. The summed E-state index contributed by atoms with van der Waals surface area (Å²) in [7, 11) is 0. The zero-order chi connectivity index (χ0) is 45.2. The standard InChI is InChI=1S/C56H109NO5/c1-4-7-10-13-16-19-22-25-28-31-34-37-40-43-46-49-56(61)62-52(47-44-41-38-35-32-29-26-23-20-17-14-11-8-5-2)50-55(60)57-53(51-58)54(59)48-45-42-39-36-33-30-27-24-21-18-15-12-9-6-3/h19,22,52-54,58-59H,4-18,20-21,23-51H2,1-3H3,(H,57,60)/b22-19-. The van der Waals surface area contributed by atoms with Gasteiger partial charge in [-0.2, -0.15) is 0 Å². The molecule has 0 saturated heterocycles. The van der Waals surface area contributed by atoms with E-state index in [-0.39, 0.29) is 24.9 Å². The Morgan fingerprint density at radius 2 is 0.774 bits per heavy atom. The van der Waals surface area contributed by atoms with Gasteiger partial charge in [-0.05, 0) is 51.4 Å². The van der Waals surface area contributed by atoms with E-state index in [1.54, 1.807) is 0 Å². The Bertz CT molecular complexity index is 939. The van der Waals surface area contributed by atoms with E-state index in [9.17, 15) is 19.8 Å². The number of rotatable bonds is 51. The minimum atomic E-state index is -0.782. The molecule has 0 bridgehead atoms. The maximum Gasteiger partial charge on any atom is 0.306 e. The molecule has 0 spiro atoms. The van der Waals surface area contributed by atoms with E-state index in [1.165, 1.54) is 218 Å². The Morgan fingerprint density at radius 1 is 0.452 bits per heavy atom. The van der Waals surface area contributed by atoms with Crippen molar-refractivity contribution in [1.82, 2.24) is 5.32 Å². The van der Waals surface area contributed by atoms with Crippen LogP contribution in [0.1, 0.15) is 310 Å². The van der Waals surface area contributed by atoms with E-state index >= 15 is 0 Å². The summed E-state index contributed by atoms with van der Waals surface area (Å²) in [5.74, 6) is -0.458. The van der Waals surface area contributed by atoms with Crippen molar-refractivity contribution >= 4 is 11.9 Å². The fourth-order valence-corrected chi connectivity index (χ4v) is 8.84. The number of carbonyl (C=O) groups is 2. The number of nitrogens with one attached hydrogen (secondary N) is 1. The first kappa shape index (κ1) is 60.6. The van der Waals surface area contributed by atoms with Crippen molar-refractivity contribution in [2.24, 2.45) is 0 Å². The summed E-state index contributed by atoms with van der Waals surface area (Å²) in [5, 5.41) is 23.8. The predicted molar refractivity (Wildman–Crippen MR) is 269 cm³/mol. The minimum Gasteiger partial charge on any atom is -0.462 e. The summed E-state index contributed by atoms with van der Waals surface area (Å²) in [6.45, 7) is 6.51. The summed E-state index contributed by atoms with van der Waals surface area (Å²) < 4.78 is 5.95. The van der Waals surface area contributed by atoms with Gasteiger partial charge in [0.05, 0.1) is 25.2 Å². The van der Waals surface area contributed by atoms with Gasteiger partial charge in [0, 0.05) is 6.42 Å². The third kappa shape index (κ3) is 45.2. The molecule has 0 radical (unpaired) electrons. The molecule has 0 aliphatic heterocycles. The molecule has 6 nitrogen and oxygen atoms in total. The third-order valence-electron chi connectivity index (χ3n) is 13.1. The Balaban J connectivity index is 4.52. The van der Waals surface area contributed by atoms with Crippen LogP contribution in [0, 0.1) is 0 Å². The summed E-state index contributed by atoms with van der Waals surface area (Å²) >= 11 is 0. The van der Waals surface area contributed by atoms with Gasteiger partial charge < -0.3 is 20.3 Å². The Kier molecular flexibility index (Phi) is 49.5. The van der Waals surface area contributed by atoms with Crippen LogP contribution in [0.25, 0.3) is 0 Å². The van der Waals surface area contributed by atoms with E-state index in [2.05, 4.69) is 38.2 Å². The van der Waals surface area contributed by atoms with Crippen molar-refractivity contribution in [3.05, 3.63) is 12.2 Å². The number of aliphatic hydroxyl groups excluding tert-OH is 2. The zero-order valence-corrected chi connectivity index (χ0v) is 42.0. The molecule has 62 heavy (non-hydrogen) atoms. The van der Waals surface area contributed by atoms with E-state index in [1.807, 2.05) is 0 Å². The second kappa shape index (κ2) is 50.6. The molecule has 0 aromatic rings. The van der Waals surface area contributed by atoms with Gasteiger partial charge in [-0.3, -0.25) is 9.59 Å². The highest BCUT2D eigenvalue weighted by atomic mass is 16.5. The van der Waals surface area contributed by atoms with E-state index in [0.29, 0.717) is 19.3 Å². The van der Waals surface area contributed by atoms with Gasteiger partial charge in [0.2, 0.25) is 5.91 Å². The number of ether oxygens (including phenoxy) is 1. The summed E-state index contributed by atoms with van der Waals surface area (Å²) in [5.41, 5.74) is 0. The summed E-state index contributed by atoms with van der Waals surface area (Å²) in [6, 6.07) is -0.696. The first-order valence-electron chi connectivity index (χ1n) is 27.9. The van der Waals surface area contributed by atoms with Crippen molar-refractivity contribution in [2.45, 2.75) is 328 Å². The van der Waals surface area contributed by atoms with Gasteiger partial charge in [-0.25, -0.2) is 0 Å². The largest absolute Gasteiger partial charge is 0.462 e. The minimum absolute atomic E-state index is 0.0836. The number of amides is 1. The molecule has 3 unspecified atom stereocenters. The van der Waals surface area contributed by atoms with Crippen LogP contribution in [-0.2, 0) is 14.3 Å². The van der Waals surface area contributed by atoms with Crippen LogP contribution in [0.5, 0.6) is 0 Å². The van der Waals surface area contributed by atoms with Crippen molar-refractivity contribution in [3.63, 3.8) is 0 Å². The van der Waals surface area contributed by atoms with Gasteiger partial charge in [0.1, 0.15) is 6.10 Å². The smallest absolute Gasteiger partial charge is 0.306 e. The van der Waals surface area contributed by atoms with Crippen LogP contribution in [-0.4, -0.2) is 46.9 Å². The average molecular weight is 876 g/mol. The van der Waals surface area contributed by atoms with Crippen LogP contribution in [0.15, 0.2) is 12.2 Å². The van der Waals surface area contributed by atoms with Gasteiger partial charge >= 0.3 is 5.97 Å². The lowest BCUT2D eigenvalue weighted by atomic mass is 10.0. The van der Waals surface area contributed by atoms with Crippen molar-refractivity contribution in [2.75, 3.05) is 6.61 Å². The van der Waals surface area contributed by atoms with Crippen molar-refractivity contribution in [3.8, 4) is 0 Å². The average Bonchev–Trinajstić information content (AvgIpc) is 3.26. The second-order valence-corrected chi connectivity index (χ2v) is 19.3. The number of aliphatic hydroxyl groups is 2. The molecule has 0 fully saturated rings. The molecule has 0 heterocycles. The molecule has 368 valence electrons. The number of esters is 1. The molecular formula is C56H109NO5. The highest BCUT2D eigenvalue weighted by molar-refractivity contribution is 5.77. The topological polar surface area (TPSA) is 95.9 Å². The maximum atomic E-state index is 13.2. The molecule has 0 aromatic heterocycles. The predicted octanol–water partition coefficient (Wildman–Crippen LogP) is 16.9. The van der Waals surface area contributed by atoms with Gasteiger partial charge in [-0.15, -0.1) is 0 Å². The molecule has 0 rings (SSSR count). The highest BCUT2D eigenvalue weighted by Crippen LogP contribution is 2.19.